The Balaban J connectivity index is 1.90. The van der Waals surface area contributed by atoms with Crippen LogP contribution in [0.25, 0.3) is 0 Å². The molecular formula is C11H18N2OS. The van der Waals surface area contributed by atoms with Crippen LogP contribution in [0, 0.1) is 0 Å². The molecule has 0 amide bonds. The highest BCUT2D eigenvalue weighted by Crippen LogP contribution is 2.26. The standard InChI is InChI=1S/C11H18N2OS/c12-13-10(11-5-3-7-15-11)8-9-4-1-2-6-14-9/h3,5,7,9-10,13H,1-2,4,6,8,12H2. The lowest BCUT2D eigenvalue weighted by molar-refractivity contribution is 0.00524. The van der Waals surface area contributed by atoms with Gasteiger partial charge in [-0.05, 0) is 37.1 Å². The van der Waals surface area contributed by atoms with Crippen molar-refractivity contribution in [2.75, 3.05) is 6.61 Å². The van der Waals surface area contributed by atoms with Gasteiger partial charge in [0, 0.05) is 11.5 Å². The van der Waals surface area contributed by atoms with Crippen molar-refractivity contribution in [3.05, 3.63) is 22.4 Å². The summed E-state index contributed by atoms with van der Waals surface area (Å²) in [5.41, 5.74) is 2.88. The lowest BCUT2D eigenvalue weighted by Crippen LogP contribution is -2.32. The first-order valence-corrected chi connectivity index (χ1v) is 6.39. The van der Waals surface area contributed by atoms with Crippen LogP contribution in [-0.2, 0) is 4.74 Å². The molecular weight excluding hydrogens is 208 g/mol. The van der Waals surface area contributed by atoms with Crippen molar-refractivity contribution in [2.45, 2.75) is 37.8 Å². The van der Waals surface area contributed by atoms with Crippen molar-refractivity contribution < 1.29 is 4.74 Å². The first-order chi connectivity index (χ1) is 7.40. The van der Waals surface area contributed by atoms with Crippen molar-refractivity contribution >= 4 is 11.3 Å². The molecule has 0 spiro atoms. The van der Waals surface area contributed by atoms with Crippen molar-refractivity contribution in [2.24, 2.45) is 5.84 Å². The number of hydrazine groups is 1. The van der Waals surface area contributed by atoms with E-state index in [1.807, 2.05) is 0 Å². The minimum absolute atomic E-state index is 0.244. The van der Waals surface area contributed by atoms with Gasteiger partial charge < -0.3 is 4.74 Å². The van der Waals surface area contributed by atoms with E-state index < -0.39 is 0 Å². The van der Waals surface area contributed by atoms with Crippen LogP contribution < -0.4 is 11.3 Å². The van der Waals surface area contributed by atoms with Gasteiger partial charge in [0.05, 0.1) is 12.1 Å². The minimum atomic E-state index is 0.244. The Morgan fingerprint density at radius 2 is 2.53 bits per heavy atom. The zero-order valence-corrected chi connectivity index (χ0v) is 9.63. The maximum absolute atomic E-state index is 5.72. The monoisotopic (exact) mass is 226 g/mol. The number of nitrogens with one attached hydrogen (secondary N) is 1. The predicted octanol–water partition coefficient (Wildman–Crippen LogP) is 2.21. The molecule has 2 heterocycles. The largest absolute Gasteiger partial charge is 0.378 e. The highest BCUT2D eigenvalue weighted by atomic mass is 32.1. The molecule has 0 radical (unpaired) electrons. The van der Waals surface area contributed by atoms with Crippen LogP contribution in [-0.4, -0.2) is 12.7 Å². The zero-order valence-electron chi connectivity index (χ0n) is 8.82. The van der Waals surface area contributed by atoms with Crippen LogP contribution in [0.5, 0.6) is 0 Å². The summed E-state index contributed by atoms with van der Waals surface area (Å²) in [5.74, 6) is 5.58. The molecule has 4 heteroatoms. The van der Waals surface area contributed by atoms with E-state index in [0.717, 1.165) is 13.0 Å². The molecule has 0 saturated carbocycles. The van der Waals surface area contributed by atoms with Crippen molar-refractivity contribution in [3.8, 4) is 0 Å². The number of ether oxygens (including phenoxy) is 1. The third kappa shape index (κ3) is 3.01. The molecule has 0 aromatic carbocycles. The van der Waals surface area contributed by atoms with Crippen LogP contribution in [0.3, 0.4) is 0 Å². The van der Waals surface area contributed by atoms with Gasteiger partial charge in [-0.2, -0.15) is 0 Å². The van der Waals surface area contributed by atoms with Gasteiger partial charge in [0.1, 0.15) is 0 Å². The molecule has 1 aromatic heterocycles. The average Bonchev–Trinajstić information content (AvgIpc) is 2.81. The first kappa shape index (κ1) is 11.1. The number of rotatable bonds is 4. The summed E-state index contributed by atoms with van der Waals surface area (Å²) >= 11 is 1.75. The summed E-state index contributed by atoms with van der Waals surface area (Å²) in [6.45, 7) is 0.909. The van der Waals surface area contributed by atoms with Gasteiger partial charge in [-0.1, -0.05) is 6.07 Å². The molecule has 1 aromatic rings. The molecule has 0 aliphatic carbocycles. The molecule has 1 aliphatic heterocycles. The number of hydrogen-bond acceptors (Lipinski definition) is 4. The van der Waals surface area contributed by atoms with Crippen molar-refractivity contribution in [1.29, 1.82) is 0 Å². The molecule has 2 rings (SSSR count). The fourth-order valence-electron chi connectivity index (χ4n) is 2.01. The highest BCUT2D eigenvalue weighted by molar-refractivity contribution is 7.10. The summed E-state index contributed by atoms with van der Waals surface area (Å²) in [6, 6.07) is 4.43. The molecule has 1 saturated heterocycles. The third-order valence-corrected chi connectivity index (χ3v) is 3.85. The normalized spacial score (nSPS) is 23.9. The summed E-state index contributed by atoms with van der Waals surface area (Å²) in [6.07, 6.45) is 5.02. The first-order valence-electron chi connectivity index (χ1n) is 5.51. The predicted molar refractivity (Wildman–Crippen MR) is 62.6 cm³/mol. The SMILES string of the molecule is NNC(CC1CCCCO1)c1cccs1. The van der Waals surface area contributed by atoms with Gasteiger partial charge in [0.25, 0.3) is 0 Å². The van der Waals surface area contributed by atoms with Crippen molar-refractivity contribution in [1.82, 2.24) is 5.43 Å². The minimum Gasteiger partial charge on any atom is -0.378 e. The van der Waals surface area contributed by atoms with E-state index in [9.17, 15) is 0 Å². The quantitative estimate of drug-likeness (QED) is 0.611. The lowest BCUT2D eigenvalue weighted by atomic mass is 10.0. The fourth-order valence-corrected chi connectivity index (χ4v) is 2.81. The Morgan fingerprint density at radius 3 is 3.13 bits per heavy atom. The van der Waals surface area contributed by atoms with E-state index in [4.69, 9.17) is 10.6 Å². The van der Waals surface area contributed by atoms with Gasteiger partial charge in [-0.15, -0.1) is 11.3 Å². The second kappa shape index (κ2) is 5.61. The van der Waals surface area contributed by atoms with Gasteiger partial charge in [0.2, 0.25) is 0 Å². The zero-order chi connectivity index (χ0) is 10.5. The molecule has 1 aliphatic rings. The fraction of sp³-hybridized carbons (Fsp3) is 0.636. The second-order valence-electron chi connectivity index (χ2n) is 3.96. The number of nitrogens with two attached hydrogens (primary N) is 1. The second-order valence-corrected chi connectivity index (χ2v) is 4.94. The average molecular weight is 226 g/mol. The molecule has 3 nitrogen and oxygen atoms in total. The Kier molecular flexibility index (Phi) is 4.14. The molecule has 15 heavy (non-hydrogen) atoms. The Labute approximate surface area is 94.6 Å². The summed E-state index contributed by atoms with van der Waals surface area (Å²) in [4.78, 5) is 1.30. The summed E-state index contributed by atoms with van der Waals surface area (Å²) < 4.78 is 5.72. The van der Waals surface area contributed by atoms with E-state index in [0.29, 0.717) is 6.10 Å². The number of hydrogen-bond donors (Lipinski definition) is 2. The van der Waals surface area contributed by atoms with Gasteiger partial charge in [-0.25, -0.2) is 0 Å². The molecule has 1 fully saturated rings. The molecule has 0 bridgehead atoms. The van der Waals surface area contributed by atoms with Gasteiger partial charge in [0.15, 0.2) is 0 Å². The molecule has 3 N–H and O–H groups in total. The van der Waals surface area contributed by atoms with E-state index in [2.05, 4.69) is 22.9 Å². The van der Waals surface area contributed by atoms with E-state index in [-0.39, 0.29) is 6.04 Å². The Hall–Kier alpha value is -0.420. The molecule has 2 atom stereocenters. The maximum Gasteiger partial charge on any atom is 0.0594 e. The van der Waals surface area contributed by atoms with E-state index >= 15 is 0 Å². The topological polar surface area (TPSA) is 47.3 Å². The van der Waals surface area contributed by atoms with Gasteiger partial charge in [-0.3, -0.25) is 11.3 Å². The number of thiophene rings is 1. The third-order valence-electron chi connectivity index (χ3n) is 2.86. The smallest absolute Gasteiger partial charge is 0.0594 e. The van der Waals surface area contributed by atoms with Crippen LogP contribution in [0.1, 0.15) is 36.6 Å². The Morgan fingerprint density at radius 1 is 1.60 bits per heavy atom. The lowest BCUT2D eigenvalue weighted by Gasteiger charge is -2.26. The van der Waals surface area contributed by atoms with Crippen molar-refractivity contribution in [3.63, 3.8) is 0 Å². The highest BCUT2D eigenvalue weighted by Gasteiger charge is 2.20. The van der Waals surface area contributed by atoms with Crippen LogP contribution >= 0.6 is 11.3 Å². The molecule has 84 valence electrons. The maximum atomic E-state index is 5.72. The van der Waals surface area contributed by atoms with Crippen LogP contribution in [0.15, 0.2) is 17.5 Å². The van der Waals surface area contributed by atoms with Crippen LogP contribution in [0.4, 0.5) is 0 Å². The summed E-state index contributed by atoms with van der Waals surface area (Å²) in [7, 11) is 0. The molecule has 2 unspecified atom stereocenters. The van der Waals surface area contributed by atoms with Gasteiger partial charge >= 0.3 is 0 Å². The van der Waals surface area contributed by atoms with Crippen LogP contribution in [0.2, 0.25) is 0 Å². The van der Waals surface area contributed by atoms with E-state index in [1.54, 1.807) is 11.3 Å². The Bertz CT molecular complexity index is 270. The summed E-state index contributed by atoms with van der Waals surface area (Å²) in [5, 5.41) is 2.08. The van der Waals surface area contributed by atoms with E-state index in [1.165, 1.54) is 24.1 Å².